The van der Waals surface area contributed by atoms with Crippen LogP contribution in [0.2, 0.25) is 0 Å². The molecular formula is C11H20N2O2. The third-order valence-corrected chi connectivity index (χ3v) is 3.83. The maximum atomic E-state index is 12.1. The van der Waals surface area contributed by atoms with Gasteiger partial charge in [0, 0.05) is 13.7 Å². The first-order valence-corrected chi connectivity index (χ1v) is 5.72. The highest BCUT2D eigenvalue weighted by Gasteiger charge is 2.44. The molecule has 0 aromatic heterocycles. The molecule has 2 N–H and O–H groups in total. The Morgan fingerprint density at radius 2 is 2.20 bits per heavy atom. The minimum absolute atomic E-state index is 0.0936. The molecule has 2 aliphatic rings. The van der Waals surface area contributed by atoms with Gasteiger partial charge in [-0.2, -0.15) is 0 Å². The second-order valence-corrected chi connectivity index (χ2v) is 4.86. The standard InChI is InChI=1S/C11H20N2O2/c1-8-9(4-7-15-8)13(2)10(14)11(12)5-3-6-11/h8-9H,3-7,12H2,1-2H3. The van der Waals surface area contributed by atoms with Crippen LogP contribution in [-0.4, -0.2) is 42.1 Å². The van der Waals surface area contributed by atoms with Gasteiger partial charge in [0.25, 0.3) is 0 Å². The number of nitrogens with zero attached hydrogens (tertiary/aromatic N) is 1. The fraction of sp³-hybridized carbons (Fsp3) is 0.909. The normalized spacial score (nSPS) is 33.5. The largest absolute Gasteiger partial charge is 0.376 e. The third kappa shape index (κ3) is 1.76. The smallest absolute Gasteiger partial charge is 0.242 e. The molecule has 1 heterocycles. The molecule has 15 heavy (non-hydrogen) atoms. The lowest BCUT2D eigenvalue weighted by Crippen LogP contribution is -2.61. The highest BCUT2D eigenvalue weighted by molar-refractivity contribution is 5.87. The van der Waals surface area contributed by atoms with E-state index < -0.39 is 5.54 Å². The Morgan fingerprint density at radius 3 is 2.60 bits per heavy atom. The first-order valence-electron chi connectivity index (χ1n) is 5.72. The zero-order valence-corrected chi connectivity index (χ0v) is 9.53. The number of carbonyl (C=O) groups is 1. The van der Waals surface area contributed by atoms with Crippen LogP contribution in [0.3, 0.4) is 0 Å². The minimum Gasteiger partial charge on any atom is -0.376 e. The molecule has 1 saturated heterocycles. The quantitative estimate of drug-likeness (QED) is 0.725. The summed E-state index contributed by atoms with van der Waals surface area (Å²) in [4.78, 5) is 13.9. The Labute approximate surface area is 90.8 Å². The SMILES string of the molecule is CC1OCCC1N(C)C(=O)C1(N)CCC1. The number of nitrogens with two attached hydrogens (primary N) is 1. The summed E-state index contributed by atoms with van der Waals surface area (Å²) in [5.74, 6) is 0.0936. The average Bonchev–Trinajstić information content (AvgIpc) is 2.58. The maximum absolute atomic E-state index is 12.1. The molecule has 2 atom stereocenters. The van der Waals surface area contributed by atoms with Crippen LogP contribution < -0.4 is 5.73 Å². The Bertz CT molecular complexity index is 263. The topological polar surface area (TPSA) is 55.6 Å². The minimum atomic E-state index is -0.572. The second kappa shape index (κ2) is 3.76. The van der Waals surface area contributed by atoms with Gasteiger partial charge in [-0.05, 0) is 32.6 Å². The van der Waals surface area contributed by atoms with E-state index in [0.717, 1.165) is 32.3 Å². The van der Waals surface area contributed by atoms with Crippen LogP contribution in [0.1, 0.15) is 32.6 Å². The molecule has 2 fully saturated rings. The predicted octanol–water partition coefficient (Wildman–Crippen LogP) is 0.504. The highest BCUT2D eigenvalue weighted by atomic mass is 16.5. The van der Waals surface area contributed by atoms with Crippen molar-refractivity contribution in [1.29, 1.82) is 0 Å². The molecule has 1 aliphatic heterocycles. The van der Waals surface area contributed by atoms with E-state index in [1.807, 2.05) is 14.0 Å². The summed E-state index contributed by atoms with van der Waals surface area (Å²) in [7, 11) is 1.85. The number of carbonyl (C=O) groups excluding carboxylic acids is 1. The molecule has 2 unspecified atom stereocenters. The molecule has 0 radical (unpaired) electrons. The monoisotopic (exact) mass is 212 g/mol. The van der Waals surface area contributed by atoms with Crippen molar-refractivity contribution >= 4 is 5.91 Å². The van der Waals surface area contributed by atoms with Gasteiger partial charge in [0.1, 0.15) is 0 Å². The van der Waals surface area contributed by atoms with Gasteiger partial charge in [0.2, 0.25) is 5.91 Å². The van der Waals surface area contributed by atoms with Crippen molar-refractivity contribution in [1.82, 2.24) is 4.90 Å². The lowest BCUT2D eigenvalue weighted by atomic mass is 9.76. The van der Waals surface area contributed by atoms with E-state index in [2.05, 4.69) is 0 Å². The molecule has 0 bridgehead atoms. The molecule has 86 valence electrons. The van der Waals surface area contributed by atoms with Crippen LogP contribution in [0.5, 0.6) is 0 Å². The van der Waals surface area contributed by atoms with Crippen LogP contribution in [0, 0.1) is 0 Å². The van der Waals surface area contributed by atoms with E-state index >= 15 is 0 Å². The Balaban J connectivity index is 2.00. The van der Waals surface area contributed by atoms with E-state index in [4.69, 9.17) is 10.5 Å². The first-order chi connectivity index (χ1) is 7.04. The average molecular weight is 212 g/mol. The van der Waals surface area contributed by atoms with Gasteiger partial charge in [0.15, 0.2) is 0 Å². The summed E-state index contributed by atoms with van der Waals surface area (Å²) in [5.41, 5.74) is 5.46. The zero-order valence-electron chi connectivity index (χ0n) is 9.53. The van der Waals surface area contributed by atoms with Crippen molar-refractivity contribution in [3.8, 4) is 0 Å². The van der Waals surface area contributed by atoms with Crippen LogP contribution >= 0.6 is 0 Å². The van der Waals surface area contributed by atoms with Crippen molar-refractivity contribution in [3.05, 3.63) is 0 Å². The Kier molecular flexibility index (Phi) is 2.73. The Morgan fingerprint density at radius 1 is 1.53 bits per heavy atom. The number of likely N-dealkylation sites (N-methyl/N-ethyl adjacent to an activating group) is 1. The van der Waals surface area contributed by atoms with Crippen LogP contribution in [0.25, 0.3) is 0 Å². The summed E-state index contributed by atoms with van der Waals surface area (Å²) < 4.78 is 5.47. The van der Waals surface area contributed by atoms with E-state index in [1.165, 1.54) is 0 Å². The summed E-state index contributed by atoms with van der Waals surface area (Å²) in [5, 5.41) is 0. The second-order valence-electron chi connectivity index (χ2n) is 4.86. The maximum Gasteiger partial charge on any atom is 0.242 e. The van der Waals surface area contributed by atoms with Crippen molar-refractivity contribution in [2.24, 2.45) is 5.73 Å². The van der Waals surface area contributed by atoms with Crippen molar-refractivity contribution < 1.29 is 9.53 Å². The summed E-state index contributed by atoms with van der Waals surface area (Å²) in [6.45, 7) is 2.77. The van der Waals surface area contributed by atoms with Crippen molar-refractivity contribution in [3.63, 3.8) is 0 Å². The van der Waals surface area contributed by atoms with E-state index in [-0.39, 0.29) is 18.1 Å². The summed E-state index contributed by atoms with van der Waals surface area (Å²) >= 11 is 0. The van der Waals surface area contributed by atoms with Crippen molar-refractivity contribution in [2.75, 3.05) is 13.7 Å². The van der Waals surface area contributed by atoms with Crippen LogP contribution in [0.4, 0.5) is 0 Å². The molecule has 1 aliphatic carbocycles. The van der Waals surface area contributed by atoms with Crippen LogP contribution in [-0.2, 0) is 9.53 Å². The van der Waals surface area contributed by atoms with E-state index in [9.17, 15) is 4.79 Å². The predicted molar refractivity (Wildman–Crippen MR) is 57.4 cm³/mol. The van der Waals surface area contributed by atoms with Gasteiger partial charge < -0.3 is 15.4 Å². The number of ether oxygens (including phenoxy) is 1. The molecular weight excluding hydrogens is 192 g/mol. The molecule has 0 aromatic rings. The fourth-order valence-corrected chi connectivity index (χ4v) is 2.50. The number of amides is 1. The molecule has 1 amide bonds. The zero-order chi connectivity index (χ0) is 11.1. The van der Waals surface area contributed by atoms with Gasteiger partial charge in [-0.1, -0.05) is 0 Å². The number of hydrogen-bond donors (Lipinski definition) is 1. The molecule has 4 nitrogen and oxygen atoms in total. The van der Waals surface area contributed by atoms with E-state index in [0.29, 0.717) is 0 Å². The summed E-state index contributed by atoms with van der Waals surface area (Å²) in [6.07, 6.45) is 3.81. The van der Waals surface area contributed by atoms with Gasteiger partial charge in [0.05, 0.1) is 17.7 Å². The lowest BCUT2D eigenvalue weighted by molar-refractivity contribution is -0.141. The fourth-order valence-electron chi connectivity index (χ4n) is 2.50. The van der Waals surface area contributed by atoms with Crippen molar-refractivity contribution in [2.45, 2.75) is 50.3 Å². The van der Waals surface area contributed by atoms with Crippen LogP contribution in [0.15, 0.2) is 0 Å². The molecule has 1 saturated carbocycles. The van der Waals surface area contributed by atoms with Gasteiger partial charge in [-0.25, -0.2) is 0 Å². The molecule has 0 spiro atoms. The summed E-state index contributed by atoms with van der Waals surface area (Å²) in [6, 6.07) is 0.207. The molecule has 4 heteroatoms. The van der Waals surface area contributed by atoms with Gasteiger partial charge in [-0.15, -0.1) is 0 Å². The number of hydrogen-bond acceptors (Lipinski definition) is 3. The van der Waals surface area contributed by atoms with Gasteiger partial charge in [-0.3, -0.25) is 4.79 Å². The Hall–Kier alpha value is -0.610. The van der Waals surface area contributed by atoms with Gasteiger partial charge >= 0.3 is 0 Å². The molecule has 2 rings (SSSR count). The molecule has 0 aromatic carbocycles. The number of rotatable bonds is 2. The lowest BCUT2D eigenvalue weighted by Gasteiger charge is -2.41. The highest BCUT2D eigenvalue weighted by Crippen LogP contribution is 2.32. The third-order valence-electron chi connectivity index (χ3n) is 3.83. The van der Waals surface area contributed by atoms with E-state index in [1.54, 1.807) is 4.90 Å². The first kappa shape index (κ1) is 10.9.